The van der Waals surface area contributed by atoms with Gasteiger partial charge in [-0.3, -0.25) is 20.2 Å². The monoisotopic (exact) mass is 316 g/mol. The summed E-state index contributed by atoms with van der Waals surface area (Å²) in [6.45, 7) is 3.48. The Bertz CT molecular complexity index is 763. The van der Waals surface area contributed by atoms with Gasteiger partial charge in [0.05, 0.1) is 21.5 Å². The van der Waals surface area contributed by atoms with Crippen LogP contribution in [0, 0.1) is 34.1 Å². The molecule has 0 aliphatic rings. The number of carbonyl (C=O) groups is 1. The van der Waals surface area contributed by atoms with Crippen molar-refractivity contribution in [1.29, 1.82) is 0 Å². The Morgan fingerprint density at radius 2 is 1.43 bits per heavy atom. The van der Waals surface area contributed by atoms with Crippen molar-refractivity contribution in [3.63, 3.8) is 0 Å². The van der Waals surface area contributed by atoms with Gasteiger partial charge < -0.3 is 4.74 Å². The van der Waals surface area contributed by atoms with Crippen molar-refractivity contribution in [1.82, 2.24) is 0 Å². The largest absolute Gasteiger partial charge is 0.422 e. The number of para-hydroxylation sites is 1. The number of hydrogen-bond acceptors (Lipinski definition) is 6. The van der Waals surface area contributed by atoms with Crippen LogP contribution in [0.25, 0.3) is 0 Å². The molecule has 0 spiro atoms. The van der Waals surface area contributed by atoms with Crippen LogP contribution < -0.4 is 4.74 Å². The Morgan fingerprint density at radius 1 is 0.957 bits per heavy atom. The van der Waals surface area contributed by atoms with Gasteiger partial charge in [-0.1, -0.05) is 18.2 Å². The van der Waals surface area contributed by atoms with Gasteiger partial charge in [0, 0.05) is 12.1 Å². The van der Waals surface area contributed by atoms with Crippen molar-refractivity contribution in [2.75, 3.05) is 0 Å². The highest BCUT2D eigenvalue weighted by atomic mass is 16.6. The molecule has 0 aliphatic heterocycles. The van der Waals surface area contributed by atoms with Crippen molar-refractivity contribution in [2.45, 2.75) is 13.8 Å². The van der Waals surface area contributed by atoms with E-state index in [1.54, 1.807) is 32.0 Å². The third-order valence-corrected chi connectivity index (χ3v) is 3.16. The maximum Gasteiger partial charge on any atom is 0.344 e. The van der Waals surface area contributed by atoms with E-state index in [0.29, 0.717) is 16.9 Å². The first-order chi connectivity index (χ1) is 10.8. The van der Waals surface area contributed by atoms with Crippen molar-refractivity contribution >= 4 is 17.3 Å². The molecule has 8 heteroatoms. The summed E-state index contributed by atoms with van der Waals surface area (Å²) >= 11 is 0. The Kier molecular flexibility index (Phi) is 4.35. The summed E-state index contributed by atoms with van der Waals surface area (Å²) < 4.78 is 5.25. The third kappa shape index (κ3) is 3.49. The molecule has 0 heterocycles. The number of rotatable bonds is 4. The Labute approximate surface area is 130 Å². The number of carbonyl (C=O) groups excluding carboxylic acids is 1. The van der Waals surface area contributed by atoms with Gasteiger partial charge in [-0.05, 0) is 25.0 Å². The number of nitrogens with zero attached hydrogens (tertiary/aromatic N) is 2. The molecule has 118 valence electrons. The SMILES string of the molecule is Cc1cccc(C)c1OC(=O)c1cc([N+](=O)[O-])cc([N+](=O)[O-])c1. The number of nitro groups is 2. The van der Waals surface area contributed by atoms with Gasteiger partial charge in [0.1, 0.15) is 5.75 Å². The lowest BCUT2D eigenvalue weighted by Crippen LogP contribution is -2.11. The van der Waals surface area contributed by atoms with Crippen molar-refractivity contribution in [3.05, 3.63) is 73.3 Å². The van der Waals surface area contributed by atoms with Crippen LogP contribution in [0.2, 0.25) is 0 Å². The molecule has 0 N–H and O–H groups in total. The molecule has 0 bridgehead atoms. The third-order valence-electron chi connectivity index (χ3n) is 3.16. The summed E-state index contributed by atoms with van der Waals surface area (Å²) in [6.07, 6.45) is 0. The average molecular weight is 316 g/mol. The van der Waals surface area contributed by atoms with Gasteiger partial charge in [0.15, 0.2) is 0 Å². The van der Waals surface area contributed by atoms with Crippen LogP contribution in [0.1, 0.15) is 21.5 Å². The standard InChI is InChI=1S/C15H12N2O6/c1-9-4-3-5-10(2)14(9)23-15(18)11-6-12(16(19)20)8-13(7-11)17(21)22/h3-8H,1-2H3. The van der Waals surface area contributed by atoms with Gasteiger partial charge in [-0.25, -0.2) is 4.79 Å². The van der Waals surface area contributed by atoms with E-state index in [1.807, 2.05) is 0 Å². The number of hydrogen-bond donors (Lipinski definition) is 0. The second kappa shape index (κ2) is 6.22. The molecular weight excluding hydrogens is 304 g/mol. The van der Waals surface area contributed by atoms with Gasteiger partial charge >= 0.3 is 5.97 Å². The fourth-order valence-electron chi connectivity index (χ4n) is 2.04. The molecule has 0 saturated carbocycles. The average Bonchev–Trinajstić information content (AvgIpc) is 2.50. The molecular formula is C15H12N2O6. The molecule has 0 radical (unpaired) electrons. The van der Waals surface area contributed by atoms with E-state index < -0.39 is 27.2 Å². The summed E-state index contributed by atoms with van der Waals surface area (Å²) in [7, 11) is 0. The molecule has 23 heavy (non-hydrogen) atoms. The van der Waals surface area contributed by atoms with E-state index in [1.165, 1.54) is 0 Å². The molecule has 0 amide bonds. The molecule has 2 aromatic carbocycles. The van der Waals surface area contributed by atoms with Crippen LogP contribution in [0.15, 0.2) is 36.4 Å². The predicted molar refractivity (Wildman–Crippen MR) is 80.6 cm³/mol. The molecule has 8 nitrogen and oxygen atoms in total. The molecule has 0 fully saturated rings. The van der Waals surface area contributed by atoms with Crippen LogP contribution in [0.3, 0.4) is 0 Å². The first-order valence-electron chi connectivity index (χ1n) is 6.52. The van der Waals surface area contributed by atoms with E-state index in [4.69, 9.17) is 4.74 Å². The predicted octanol–water partition coefficient (Wildman–Crippen LogP) is 3.34. The van der Waals surface area contributed by atoms with E-state index >= 15 is 0 Å². The normalized spacial score (nSPS) is 10.2. The van der Waals surface area contributed by atoms with Gasteiger partial charge in [-0.15, -0.1) is 0 Å². The van der Waals surface area contributed by atoms with Gasteiger partial charge in [-0.2, -0.15) is 0 Å². The molecule has 0 unspecified atom stereocenters. The number of aryl methyl sites for hydroxylation is 2. The van der Waals surface area contributed by atoms with E-state index in [-0.39, 0.29) is 5.56 Å². The smallest absolute Gasteiger partial charge is 0.344 e. The summed E-state index contributed by atoms with van der Waals surface area (Å²) in [5.41, 5.74) is 0.0606. The summed E-state index contributed by atoms with van der Waals surface area (Å²) in [5.74, 6) is -0.569. The fraction of sp³-hybridized carbons (Fsp3) is 0.133. The topological polar surface area (TPSA) is 113 Å². The van der Waals surface area contributed by atoms with Crippen molar-refractivity contribution in [2.24, 2.45) is 0 Å². The minimum atomic E-state index is -0.894. The molecule has 0 aliphatic carbocycles. The number of esters is 1. The number of benzene rings is 2. The van der Waals surface area contributed by atoms with E-state index in [2.05, 4.69) is 0 Å². The summed E-state index contributed by atoms with van der Waals surface area (Å²) in [5, 5.41) is 21.7. The minimum Gasteiger partial charge on any atom is -0.422 e. The second-order valence-electron chi connectivity index (χ2n) is 4.86. The number of ether oxygens (including phenoxy) is 1. The van der Waals surface area contributed by atoms with Gasteiger partial charge in [0.25, 0.3) is 11.4 Å². The Morgan fingerprint density at radius 3 is 1.87 bits per heavy atom. The zero-order valence-corrected chi connectivity index (χ0v) is 12.3. The fourth-order valence-corrected chi connectivity index (χ4v) is 2.04. The zero-order valence-electron chi connectivity index (χ0n) is 12.3. The molecule has 0 saturated heterocycles. The maximum atomic E-state index is 12.2. The van der Waals surface area contributed by atoms with E-state index in [0.717, 1.165) is 18.2 Å². The van der Waals surface area contributed by atoms with Crippen LogP contribution in [0.4, 0.5) is 11.4 Å². The summed E-state index contributed by atoms with van der Waals surface area (Å²) in [6, 6.07) is 7.96. The van der Waals surface area contributed by atoms with E-state index in [9.17, 15) is 25.0 Å². The lowest BCUT2D eigenvalue weighted by molar-refractivity contribution is -0.394. The minimum absolute atomic E-state index is 0.256. The quantitative estimate of drug-likeness (QED) is 0.370. The maximum absolute atomic E-state index is 12.2. The molecule has 2 rings (SSSR count). The summed E-state index contributed by atoms with van der Waals surface area (Å²) in [4.78, 5) is 32.3. The molecule has 0 aromatic heterocycles. The first-order valence-corrected chi connectivity index (χ1v) is 6.52. The number of nitro benzene ring substituents is 2. The highest BCUT2D eigenvalue weighted by Gasteiger charge is 2.21. The van der Waals surface area contributed by atoms with Crippen LogP contribution in [-0.2, 0) is 0 Å². The highest BCUT2D eigenvalue weighted by molar-refractivity contribution is 5.93. The second-order valence-corrected chi connectivity index (χ2v) is 4.86. The zero-order chi connectivity index (χ0) is 17.1. The Hall–Kier alpha value is -3.29. The first kappa shape index (κ1) is 16.1. The Balaban J connectivity index is 2.43. The van der Waals surface area contributed by atoms with Crippen molar-refractivity contribution < 1.29 is 19.4 Å². The lowest BCUT2D eigenvalue weighted by Gasteiger charge is -2.10. The van der Waals surface area contributed by atoms with Gasteiger partial charge in [0.2, 0.25) is 0 Å². The highest BCUT2D eigenvalue weighted by Crippen LogP contribution is 2.26. The lowest BCUT2D eigenvalue weighted by atomic mass is 10.1. The molecule has 0 atom stereocenters. The van der Waals surface area contributed by atoms with Crippen LogP contribution in [0.5, 0.6) is 5.75 Å². The van der Waals surface area contributed by atoms with Crippen molar-refractivity contribution in [3.8, 4) is 5.75 Å². The van der Waals surface area contributed by atoms with Crippen LogP contribution >= 0.6 is 0 Å². The molecule has 2 aromatic rings. The number of non-ortho nitro benzene ring substituents is 2. The van der Waals surface area contributed by atoms with Crippen LogP contribution in [-0.4, -0.2) is 15.8 Å².